The highest BCUT2D eigenvalue weighted by molar-refractivity contribution is 6.32. The number of pyridine rings is 2. The zero-order valence-corrected chi connectivity index (χ0v) is 20.9. The molecule has 1 N–H and O–H groups in total. The zero-order valence-electron chi connectivity index (χ0n) is 20.2. The molecule has 0 amide bonds. The average molecular weight is 482 g/mol. The van der Waals surface area contributed by atoms with Crippen molar-refractivity contribution < 1.29 is 9.84 Å². The second kappa shape index (κ2) is 12.0. The molecular weight excluding hydrogens is 446 g/mol. The van der Waals surface area contributed by atoms with Crippen LogP contribution < -0.4 is 4.74 Å². The van der Waals surface area contributed by atoms with Crippen LogP contribution in [0.3, 0.4) is 0 Å². The van der Waals surface area contributed by atoms with E-state index in [1.54, 1.807) is 13.3 Å². The largest absolute Gasteiger partial charge is 0.497 e. The maximum Gasteiger partial charge on any atom is 0.119 e. The van der Waals surface area contributed by atoms with Gasteiger partial charge in [0, 0.05) is 30.6 Å². The monoisotopic (exact) mass is 481 g/mol. The minimum Gasteiger partial charge on any atom is -0.497 e. The highest BCUT2D eigenvalue weighted by Crippen LogP contribution is 2.37. The van der Waals surface area contributed by atoms with Crippen LogP contribution in [-0.2, 0) is 12.8 Å². The third kappa shape index (κ3) is 6.26. The van der Waals surface area contributed by atoms with Gasteiger partial charge in [-0.25, -0.2) is 0 Å². The number of fused-ring (bicyclic) bond motifs is 1. The lowest BCUT2D eigenvalue weighted by molar-refractivity contribution is 0.0352. The molecule has 0 spiro atoms. The van der Waals surface area contributed by atoms with E-state index >= 15 is 0 Å². The molecule has 1 saturated heterocycles. The number of methoxy groups -OCH3 is 1. The van der Waals surface area contributed by atoms with E-state index < -0.39 is 0 Å². The summed E-state index contributed by atoms with van der Waals surface area (Å²) in [6.45, 7) is 3.55. The number of benzene rings is 1. The van der Waals surface area contributed by atoms with Gasteiger partial charge in [-0.15, -0.1) is 0 Å². The lowest BCUT2D eigenvalue weighted by Gasteiger charge is -2.41. The smallest absolute Gasteiger partial charge is 0.119 e. The van der Waals surface area contributed by atoms with E-state index in [2.05, 4.69) is 20.9 Å². The molecule has 6 heteroatoms. The van der Waals surface area contributed by atoms with Gasteiger partial charge in [0.1, 0.15) is 5.75 Å². The molecule has 3 aromatic rings. The van der Waals surface area contributed by atoms with Crippen LogP contribution in [0.15, 0.2) is 48.9 Å². The Morgan fingerprint density at radius 1 is 1.09 bits per heavy atom. The van der Waals surface area contributed by atoms with Crippen molar-refractivity contribution in [2.24, 2.45) is 5.41 Å². The lowest BCUT2D eigenvalue weighted by Crippen LogP contribution is -2.42. The van der Waals surface area contributed by atoms with Crippen LogP contribution in [0.25, 0.3) is 10.9 Å². The molecule has 0 radical (unpaired) electrons. The fraction of sp³-hybridized carbons (Fsp3) is 0.500. The summed E-state index contributed by atoms with van der Waals surface area (Å²) >= 11 is 6.54. The minimum atomic E-state index is 0.0270. The topological polar surface area (TPSA) is 58.5 Å². The third-order valence-corrected chi connectivity index (χ3v) is 7.76. The maximum absolute atomic E-state index is 10.3. The van der Waals surface area contributed by atoms with E-state index in [1.807, 2.05) is 36.7 Å². The second-order valence-electron chi connectivity index (χ2n) is 9.64. The lowest BCUT2D eigenvalue weighted by atomic mass is 9.75. The zero-order chi connectivity index (χ0) is 23.8. The number of piperidine rings is 1. The number of unbranched alkanes of at least 4 members (excludes halogenated alkanes) is 1. The molecule has 4 rings (SSSR count). The normalized spacial score (nSPS) is 16.1. The molecule has 0 saturated carbocycles. The first-order valence-corrected chi connectivity index (χ1v) is 12.8. The highest BCUT2D eigenvalue weighted by atomic mass is 35.5. The minimum absolute atomic E-state index is 0.0270. The molecule has 3 heterocycles. The number of halogens is 1. The van der Waals surface area contributed by atoms with Crippen LogP contribution in [-0.4, -0.2) is 53.3 Å². The molecule has 182 valence electrons. The van der Waals surface area contributed by atoms with E-state index in [1.165, 1.54) is 18.4 Å². The Hall–Kier alpha value is -2.21. The summed E-state index contributed by atoms with van der Waals surface area (Å²) < 4.78 is 5.41. The third-order valence-electron chi connectivity index (χ3n) is 7.43. The Morgan fingerprint density at radius 3 is 2.68 bits per heavy atom. The number of likely N-dealkylation sites (tertiary alicyclic amines) is 1. The summed E-state index contributed by atoms with van der Waals surface area (Å²) in [5, 5.41) is 12.1. The van der Waals surface area contributed by atoms with E-state index in [0.717, 1.165) is 80.4 Å². The predicted octanol–water partition coefficient (Wildman–Crippen LogP) is 5.71. The summed E-state index contributed by atoms with van der Waals surface area (Å²) in [4.78, 5) is 11.2. The van der Waals surface area contributed by atoms with Gasteiger partial charge < -0.3 is 14.7 Å². The van der Waals surface area contributed by atoms with E-state index in [-0.39, 0.29) is 12.0 Å². The van der Waals surface area contributed by atoms with Crippen LogP contribution in [0.1, 0.15) is 49.7 Å². The van der Waals surface area contributed by atoms with Crippen molar-refractivity contribution in [2.75, 3.05) is 33.4 Å². The van der Waals surface area contributed by atoms with Crippen LogP contribution in [0.2, 0.25) is 5.02 Å². The van der Waals surface area contributed by atoms with Crippen molar-refractivity contribution in [3.05, 3.63) is 65.1 Å². The standard InChI is InChI=1S/C28H36ClN3O2/c1-34-23-9-10-27-25(18-23)24(26(29)20-31-27)8-4-11-28(21-33)12-16-32(17-13-28)15-3-2-6-22-7-5-14-30-19-22/h5,7,9-10,14,18-20,33H,2-4,6,8,11-13,15-17,21H2,1H3. The molecule has 0 unspecified atom stereocenters. The number of aromatic nitrogens is 2. The summed E-state index contributed by atoms with van der Waals surface area (Å²) in [5.41, 5.74) is 3.42. The van der Waals surface area contributed by atoms with Gasteiger partial charge >= 0.3 is 0 Å². The summed E-state index contributed by atoms with van der Waals surface area (Å²) in [6, 6.07) is 10.1. The number of hydrogen-bond donors (Lipinski definition) is 1. The van der Waals surface area contributed by atoms with Gasteiger partial charge in [-0.3, -0.25) is 9.97 Å². The Labute approximate surface area is 208 Å². The Bertz CT molecular complexity index is 1050. The van der Waals surface area contributed by atoms with Crippen molar-refractivity contribution in [3.8, 4) is 5.75 Å². The van der Waals surface area contributed by atoms with Gasteiger partial charge in [0.05, 0.1) is 17.6 Å². The molecule has 0 atom stereocenters. The SMILES string of the molecule is COc1ccc2ncc(Cl)c(CCCC3(CO)CCN(CCCCc4cccnc4)CC3)c2c1. The maximum atomic E-state index is 10.3. The Balaban J connectivity index is 1.26. The van der Waals surface area contributed by atoms with Gasteiger partial charge in [0.2, 0.25) is 0 Å². The Morgan fingerprint density at radius 2 is 1.94 bits per heavy atom. The van der Waals surface area contributed by atoms with Gasteiger partial charge in [0.25, 0.3) is 0 Å². The average Bonchev–Trinajstić information content (AvgIpc) is 2.89. The molecule has 1 aliphatic heterocycles. The molecule has 0 aliphatic carbocycles. The summed E-state index contributed by atoms with van der Waals surface area (Å²) in [7, 11) is 1.68. The summed E-state index contributed by atoms with van der Waals surface area (Å²) in [6.07, 6.45) is 14.1. The number of nitrogens with zero attached hydrogens (tertiary/aromatic N) is 3. The molecule has 1 aliphatic rings. The van der Waals surface area contributed by atoms with Gasteiger partial charge in [-0.1, -0.05) is 17.7 Å². The van der Waals surface area contributed by atoms with Crippen molar-refractivity contribution in [2.45, 2.75) is 51.4 Å². The van der Waals surface area contributed by atoms with Gasteiger partial charge in [-0.05, 0) is 112 Å². The fourth-order valence-electron chi connectivity index (χ4n) is 5.17. The molecule has 2 aromatic heterocycles. The number of hydrogen-bond acceptors (Lipinski definition) is 5. The van der Waals surface area contributed by atoms with Crippen LogP contribution in [0.4, 0.5) is 0 Å². The number of aliphatic hydroxyl groups is 1. The molecule has 5 nitrogen and oxygen atoms in total. The fourth-order valence-corrected chi connectivity index (χ4v) is 5.42. The van der Waals surface area contributed by atoms with E-state index in [9.17, 15) is 5.11 Å². The van der Waals surface area contributed by atoms with Crippen LogP contribution in [0.5, 0.6) is 5.75 Å². The number of aliphatic hydroxyl groups excluding tert-OH is 1. The van der Waals surface area contributed by atoms with Crippen molar-refractivity contribution >= 4 is 22.5 Å². The molecule has 0 bridgehead atoms. The second-order valence-corrected chi connectivity index (χ2v) is 10.0. The number of ether oxygens (including phenoxy) is 1. The highest BCUT2D eigenvalue weighted by Gasteiger charge is 2.33. The Kier molecular flexibility index (Phi) is 8.76. The quantitative estimate of drug-likeness (QED) is 0.355. The first-order valence-electron chi connectivity index (χ1n) is 12.5. The van der Waals surface area contributed by atoms with Gasteiger partial charge in [-0.2, -0.15) is 0 Å². The van der Waals surface area contributed by atoms with Gasteiger partial charge in [0.15, 0.2) is 0 Å². The predicted molar refractivity (Wildman–Crippen MR) is 139 cm³/mol. The van der Waals surface area contributed by atoms with Crippen LogP contribution in [0, 0.1) is 5.41 Å². The molecule has 1 aromatic carbocycles. The first kappa shape index (κ1) is 24.9. The van der Waals surface area contributed by atoms with Crippen LogP contribution >= 0.6 is 11.6 Å². The van der Waals surface area contributed by atoms with Crippen molar-refractivity contribution in [3.63, 3.8) is 0 Å². The molecular formula is C28H36ClN3O2. The van der Waals surface area contributed by atoms with E-state index in [4.69, 9.17) is 16.3 Å². The molecule has 34 heavy (non-hydrogen) atoms. The van der Waals surface area contributed by atoms with Crippen molar-refractivity contribution in [1.82, 2.24) is 14.9 Å². The van der Waals surface area contributed by atoms with E-state index in [0.29, 0.717) is 5.02 Å². The first-order chi connectivity index (χ1) is 16.6. The number of rotatable bonds is 11. The number of aryl methyl sites for hydroxylation is 2. The molecule has 1 fully saturated rings. The summed E-state index contributed by atoms with van der Waals surface area (Å²) in [5.74, 6) is 0.817. The van der Waals surface area contributed by atoms with Crippen molar-refractivity contribution in [1.29, 1.82) is 0 Å².